The van der Waals surface area contributed by atoms with Crippen LogP contribution >= 0.6 is 0 Å². The molecule has 3 nitrogen and oxygen atoms in total. The van der Waals surface area contributed by atoms with Crippen molar-refractivity contribution in [2.45, 2.75) is 26.3 Å². The van der Waals surface area contributed by atoms with Crippen molar-refractivity contribution in [3.8, 4) is 0 Å². The summed E-state index contributed by atoms with van der Waals surface area (Å²) in [6.07, 6.45) is 1.74. The third-order valence-corrected chi connectivity index (χ3v) is 1.36. The highest BCUT2D eigenvalue weighted by molar-refractivity contribution is 5.46. The van der Waals surface area contributed by atoms with Gasteiger partial charge >= 0.3 is 0 Å². The van der Waals surface area contributed by atoms with Gasteiger partial charge in [-0.15, -0.1) is 0 Å². The van der Waals surface area contributed by atoms with Gasteiger partial charge in [-0.1, -0.05) is 6.92 Å². The van der Waals surface area contributed by atoms with Gasteiger partial charge in [0.1, 0.15) is 0 Å². The van der Waals surface area contributed by atoms with Crippen LogP contribution in [-0.4, -0.2) is 25.5 Å². The van der Waals surface area contributed by atoms with Crippen molar-refractivity contribution < 1.29 is 4.79 Å². The Morgan fingerprint density at radius 1 is 1.60 bits per heavy atom. The fourth-order valence-electron chi connectivity index (χ4n) is 0.695. The summed E-state index contributed by atoms with van der Waals surface area (Å²) in [6, 6.07) is 0.288. The largest absolute Gasteiger partial charge is 0.356 e. The first-order valence-corrected chi connectivity index (χ1v) is 3.71. The summed E-state index contributed by atoms with van der Waals surface area (Å²) in [5.41, 5.74) is 0. The number of carbonyl (C=O) groups excluding carboxylic acids is 1. The smallest absolute Gasteiger partial charge is 0.207 e. The van der Waals surface area contributed by atoms with Crippen molar-refractivity contribution in [2.24, 2.45) is 0 Å². The van der Waals surface area contributed by atoms with Crippen LogP contribution in [0.5, 0.6) is 0 Å². The van der Waals surface area contributed by atoms with Crippen molar-refractivity contribution in [3.63, 3.8) is 0 Å². The van der Waals surface area contributed by atoms with E-state index in [-0.39, 0.29) is 6.04 Å². The third kappa shape index (κ3) is 5.56. The fourth-order valence-corrected chi connectivity index (χ4v) is 0.695. The van der Waals surface area contributed by atoms with Gasteiger partial charge in [0.2, 0.25) is 6.41 Å². The molecule has 0 fully saturated rings. The highest BCUT2D eigenvalue weighted by Gasteiger charge is 1.96. The van der Waals surface area contributed by atoms with Gasteiger partial charge < -0.3 is 10.6 Å². The molecule has 0 saturated heterocycles. The average molecular weight is 144 g/mol. The first kappa shape index (κ1) is 9.43. The maximum absolute atomic E-state index is 9.92. The number of amides is 1. The average Bonchev–Trinajstić information content (AvgIpc) is 1.89. The lowest BCUT2D eigenvalue weighted by molar-refractivity contribution is -0.110. The summed E-state index contributed by atoms with van der Waals surface area (Å²) >= 11 is 0. The van der Waals surface area contributed by atoms with Gasteiger partial charge in [0, 0.05) is 6.04 Å². The van der Waals surface area contributed by atoms with E-state index in [9.17, 15) is 4.79 Å². The van der Waals surface area contributed by atoms with Gasteiger partial charge in [-0.3, -0.25) is 4.79 Å². The fraction of sp³-hybridized carbons (Fsp3) is 0.857. The molecule has 1 atom stereocenters. The van der Waals surface area contributed by atoms with Crippen molar-refractivity contribution >= 4 is 6.41 Å². The Morgan fingerprint density at radius 2 is 2.30 bits per heavy atom. The molecule has 0 aromatic rings. The normalized spacial score (nSPS) is 12.6. The summed E-state index contributed by atoms with van der Waals surface area (Å²) < 4.78 is 0. The Balaban J connectivity index is 3.04. The van der Waals surface area contributed by atoms with Gasteiger partial charge in [-0.2, -0.15) is 0 Å². The van der Waals surface area contributed by atoms with E-state index in [4.69, 9.17) is 0 Å². The molecule has 0 aliphatic carbocycles. The second-order valence-electron chi connectivity index (χ2n) is 2.33. The molecule has 0 aliphatic rings. The van der Waals surface area contributed by atoms with E-state index < -0.39 is 0 Å². The maximum atomic E-state index is 9.92. The molecular weight excluding hydrogens is 128 g/mol. The molecule has 3 heteroatoms. The van der Waals surface area contributed by atoms with E-state index in [2.05, 4.69) is 17.6 Å². The molecular formula is C7H16N2O. The summed E-state index contributed by atoms with van der Waals surface area (Å²) in [5, 5.41) is 5.87. The van der Waals surface area contributed by atoms with Crippen molar-refractivity contribution in [2.75, 3.05) is 13.1 Å². The van der Waals surface area contributed by atoms with Gasteiger partial charge in [-0.25, -0.2) is 0 Å². The molecule has 10 heavy (non-hydrogen) atoms. The Labute approximate surface area is 62.2 Å². The molecule has 0 aliphatic heterocycles. The van der Waals surface area contributed by atoms with Gasteiger partial charge in [0.05, 0.1) is 0 Å². The zero-order chi connectivity index (χ0) is 7.82. The molecule has 2 N–H and O–H groups in total. The SMILES string of the molecule is CCNCCC(C)NC=O. The van der Waals surface area contributed by atoms with E-state index in [1.807, 2.05) is 6.92 Å². The maximum Gasteiger partial charge on any atom is 0.207 e. The minimum atomic E-state index is 0.288. The number of hydrogen-bond donors (Lipinski definition) is 2. The molecule has 60 valence electrons. The highest BCUT2D eigenvalue weighted by atomic mass is 16.1. The predicted molar refractivity (Wildman–Crippen MR) is 41.8 cm³/mol. The topological polar surface area (TPSA) is 41.1 Å². The van der Waals surface area contributed by atoms with Crippen LogP contribution < -0.4 is 10.6 Å². The molecule has 0 radical (unpaired) electrons. The lowest BCUT2D eigenvalue weighted by atomic mass is 10.2. The van der Waals surface area contributed by atoms with Gasteiger partial charge in [0.25, 0.3) is 0 Å². The molecule has 0 spiro atoms. The molecule has 0 aromatic carbocycles. The molecule has 0 aromatic heterocycles. The van der Waals surface area contributed by atoms with Crippen LogP contribution in [-0.2, 0) is 4.79 Å². The quantitative estimate of drug-likeness (QED) is 0.410. The Morgan fingerprint density at radius 3 is 2.80 bits per heavy atom. The van der Waals surface area contributed by atoms with E-state index in [0.717, 1.165) is 25.9 Å². The number of nitrogens with one attached hydrogen (secondary N) is 2. The predicted octanol–water partition coefficient (Wildman–Crippen LogP) is 0.120. The summed E-state index contributed by atoms with van der Waals surface area (Å²) in [4.78, 5) is 9.92. The van der Waals surface area contributed by atoms with E-state index in [0.29, 0.717) is 0 Å². The van der Waals surface area contributed by atoms with Gasteiger partial charge in [0.15, 0.2) is 0 Å². The van der Waals surface area contributed by atoms with Crippen molar-refractivity contribution in [3.05, 3.63) is 0 Å². The molecule has 1 unspecified atom stereocenters. The Kier molecular flexibility index (Phi) is 6.18. The molecule has 0 saturated carbocycles. The lowest BCUT2D eigenvalue weighted by Gasteiger charge is -2.08. The number of hydrogen-bond acceptors (Lipinski definition) is 2. The second kappa shape index (κ2) is 6.55. The first-order chi connectivity index (χ1) is 4.81. The molecule has 0 rings (SSSR count). The Hall–Kier alpha value is -0.570. The van der Waals surface area contributed by atoms with Crippen LogP contribution in [0.15, 0.2) is 0 Å². The van der Waals surface area contributed by atoms with Crippen LogP contribution in [0.4, 0.5) is 0 Å². The van der Waals surface area contributed by atoms with Crippen LogP contribution in [0.2, 0.25) is 0 Å². The van der Waals surface area contributed by atoms with E-state index >= 15 is 0 Å². The van der Waals surface area contributed by atoms with Crippen LogP contribution in [0.1, 0.15) is 20.3 Å². The zero-order valence-electron chi connectivity index (χ0n) is 6.68. The molecule has 0 bridgehead atoms. The Bertz CT molecular complexity index is 85.7. The number of rotatable bonds is 6. The van der Waals surface area contributed by atoms with Crippen LogP contribution in [0, 0.1) is 0 Å². The minimum Gasteiger partial charge on any atom is -0.356 e. The first-order valence-electron chi connectivity index (χ1n) is 3.71. The monoisotopic (exact) mass is 144 g/mol. The standard InChI is InChI=1S/C7H16N2O/c1-3-8-5-4-7(2)9-6-10/h6-8H,3-5H2,1-2H3,(H,9,10). The van der Waals surface area contributed by atoms with E-state index in [1.165, 1.54) is 0 Å². The second-order valence-corrected chi connectivity index (χ2v) is 2.33. The lowest BCUT2D eigenvalue weighted by Crippen LogP contribution is -2.28. The summed E-state index contributed by atoms with van der Waals surface area (Å²) in [7, 11) is 0. The van der Waals surface area contributed by atoms with Crippen molar-refractivity contribution in [1.29, 1.82) is 0 Å². The summed E-state index contributed by atoms with van der Waals surface area (Å²) in [5.74, 6) is 0. The zero-order valence-corrected chi connectivity index (χ0v) is 6.68. The molecule has 0 heterocycles. The van der Waals surface area contributed by atoms with Crippen LogP contribution in [0.25, 0.3) is 0 Å². The number of carbonyl (C=O) groups is 1. The highest BCUT2D eigenvalue weighted by Crippen LogP contribution is 1.85. The summed E-state index contributed by atoms with van der Waals surface area (Å²) in [6.45, 7) is 6.02. The van der Waals surface area contributed by atoms with Gasteiger partial charge in [-0.05, 0) is 26.4 Å². The minimum absolute atomic E-state index is 0.288. The molecule has 1 amide bonds. The van der Waals surface area contributed by atoms with Crippen LogP contribution in [0.3, 0.4) is 0 Å². The third-order valence-electron chi connectivity index (χ3n) is 1.36. The van der Waals surface area contributed by atoms with Crippen molar-refractivity contribution in [1.82, 2.24) is 10.6 Å². The van der Waals surface area contributed by atoms with E-state index in [1.54, 1.807) is 0 Å².